The van der Waals surface area contributed by atoms with Crippen LogP contribution >= 0.6 is 11.8 Å². The number of aryl methyl sites for hydroxylation is 1. The third-order valence-electron chi connectivity index (χ3n) is 4.03. The number of thioether (sulfide) groups is 1. The molecule has 0 saturated carbocycles. The summed E-state index contributed by atoms with van der Waals surface area (Å²) in [6.45, 7) is 3.78. The zero-order chi connectivity index (χ0) is 20.8. The fourth-order valence-corrected chi connectivity index (χ4v) is 3.33. The van der Waals surface area contributed by atoms with Crippen LogP contribution in [0.15, 0.2) is 47.9 Å². The van der Waals surface area contributed by atoms with Crippen molar-refractivity contribution in [3.63, 3.8) is 0 Å². The van der Waals surface area contributed by atoms with Crippen LogP contribution in [0.2, 0.25) is 0 Å². The summed E-state index contributed by atoms with van der Waals surface area (Å²) in [4.78, 5) is 32.4. The van der Waals surface area contributed by atoms with Crippen LogP contribution in [-0.4, -0.2) is 42.3 Å². The molecule has 9 nitrogen and oxygen atoms in total. The van der Waals surface area contributed by atoms with Gasteiger partial charge >= 0.3 is 0 Å². The number of hydrogen-bond donors (Lipinski definition) is 2. The van der Waals surface area contributed by atoms with Crippen LogP contribution in [0, 0.1) is 6.92 Å². The van der Waals surface area contributed by atoms with E-state index in [9.17, 15) is 9.59 Å². The third kappa shape index (κ3) is 5.38. The van der Waals surface area contributed by atoms with Crippen LogP contribution in [0.5, 0.6) is 0 Å². The second-order valence-electron chi connectivity index (χ2n) is 6.37. The summed E-state index contributed by atoms with van der Waals surface area (Å²) >= 11 is 1.24. The quantitative estimate of drug-likeness (QED) is 0.572. The molecular weight excluding hydrogens is 390 g/mol. The molecule has 10 heteroatoms. The lowest BCUT2D eigenvalue weighted by Gasteiger charge is -2.14. The van der Waals surface area contributed by atoms with Crippen LogP contribution < -0.4 is 10.6 Å². The van der Waals surface area contributed by atoms with E-state index < -0.39 is 0 Å². The lowest BCUT2D eigenvalue weighted by Crippen LogP contribution is -2.28. The number of nitrogens with one attached hydrogen (secondary N) is 2. The Morgan fingerprint density at radius 2 is 1.93 bits per heavy atom. The van der Waals surface area contributed by atoms with Crippen molar-refractivity contribution in [2.24, 2.45) is 7.05 Å². The van der Waals surface area contributed by atoms with Gasteiger partial charge in [-0.05, 0) is 32.0 Å². The highest BCUT2D eigenvalue weighted by Gasteiger charge is 2.19. The van der Waals surface area contributed by atoms with Crippen molar-refractivity contribution in [1.29, 1.82) is 0 Å². The molecular formula is C19H21N7O2S. The number of anilines is 1. The van der Waals surface area contributed by atoms with Crippen molar-refractivity contribution in [2.45, 2.75) is 25.0 Å². The second-order valence-corrected chi connectivity index (χ2v) is 7.32. The van der Waals surface area contributed by atoms with Crippen LogP contribution in [0.25, 0.3) is 0 Å². The topological polar surface area (TPSA) is 115 Å². The predicted molar refractivity (Wildman–Crippen MR) is 109 cm³/mol. The number of nitrogens with zero attached hydrogens (tertiary/aromatic N) is 5. The van der Waals surface area contributed by atoms with Crippen molar-refractivity contribution in [3.05, 3.63) is 59.7 Å². The Morgan fingerprint density at radius 3 is 2.66 bits per heavy atom. The van der Waals surface area contributed by atoms with Crippen molar-refractivity contribution >= 4 is 29.5 Å². The van der Waals surface area contributed by atoms with E-state index in [4.69, 9.17) is 0 Å². The molecule has 29 heavy (non-hydrogen) atoms. The lowest BCUT2D eigenvalue weighted by molar-refractivity contribution is -0.113. The predicted octanol–water partition coefficient (Wildman–Crippen LogP) is 2.14. The molecule has 3 aromatic rings. The van der Waals surface area contributed by atoms with Gasteiger partial charge in [-0.15, -0.1) is 10.2 Å². The van der Waals surface area contributed by atoms with Gasteiger partial charge < -0.3 is 9.88 Å². The van der Waals surface area contributed by atoms with Gasteiger partial charge in [0.15, 0.2) is 11.0 Å². The van der Waals surface area contributed by atoms with E-state index in [-0.39, 0.29) is 29.6 Å². The molecule has 0 aliphatic heterocycles. The van der Waals surface area contributed by atoms with E-state index >= 15 is 0 Å². The van der Waals surface area contributed by atoms with E-state index in [0.29, 0.717) is 16.5 Å². The number of rotatable bonds is 7. The molecule has 0 fully saturated rings. The van der Waals surface area contributed by atoms with Crippen molar-refractivity contribution in [2.75, 3.05) is 11.1 Å². The van der Waals surface area contributed by atoms with Gasteiger partial charge in [0.1, 0.15) is 0 Å². The Bertz CT molecular complexity index is 1010. The molecule has 0 saturated heterocycles. The molecule has 0 bridgehead atoms. The molecule has 0 spiro atoms. The molecule has 1 atom stereocenters. The summed E-state index contributed by atoms with van der Waals surface area (Å²) in [5.41, 5.74) is 1.61. The average Bonchev–Trinajstić information content (AvgIpc) is 3.07. The largest absolute Gasteiger partial charge is 0.342 e. The van der Waals surface area contributed by atoms with Gasteiger partial charge in [-0.25, -0.2) is 9.97 Å². The smallest absolute Gasteiger partial charge is 0.251 e. The Hall–Kier alpha value is -3.27. The first-order chi connectivity index (χ1) is 13.9. The Kier molecular flexibility index (Phi) is 6.55. The van der Waals surface area contributed by atoms with E-state index in [2.05, 4.69) is 30.8 Å². The summed E-state index contributed by atoms with van der Waals surface area (Å²) in [6, 6.07) is 8.70. The highest BCUT2D eigenvalue weighted by atomic mass is 32.2. The van der Waals surface area contributed by atoms with E-state index in [1.54, 1.807) is 36.1 Å². The van der Waals surface area contributed by atoms with Crippen LogP contribution in [-0.2, 0) is 11.8 Å². The molecule has 3 rings (SSSR count). The number of hydrogen-bond acceptors (Lipinski definition) is 7. The summed E-state index contributed by atoms with van der Waals surface area (Å²) in [5, 5.41) is 14.4. The zero-order valence-corrected chi connectivity index (χ0v) is 17.1. The molecule has 2 heterocycles. The fourth-order valence-electron chi connectivity index (χ4n) is 2.61. The van der Waals surface area contributed by atoms with E-state index in [0.717, 1.165) is 5.56 Å². The van der Waals surface area contributed by atoms with Gasteiger partial charge in [-0.3, -0.25) is 14.9 Å². The summed E-state index contributed by atoms with van der Waals surface area (Å²) in [7, 11) is 1.80. The van der Waals surface area contributed by atoms with Gasteiger partial charge in [0.05, 0.1) is 11.8 Å². The molecule has 2 aromatic heterocycles. The normalized spacial score (nSPS) is 11.7. The standard InChI is InChI=1S/C19H21N7O2S/c1-12-6-4-7-14(10-12)17(28)22-13(2)16-24-25-19(26(16)3)29-11-15(27)23-18-20-8-5-9-21-18/h4-10,13H,11H2,1-3H3,(H,22,28)(H,20,21,23,27)/t13-/m1/s1. The molecule has 0 unspecified atom stereocenters. The minimum Gasteiger partial charge on any atom is -0.342 e. The van der Waals surface area contributed by atoms with Crippen LogP contribution in [0.3, 0.4) is 0 Å². The number of aromatic nitrogens is 5. The number of carbonyl (C=O) groups is 2. The van der Waals surface area contributed by atoms with Crippen LogP contribution in [0.4, 0.5) is 5.95 Å². The first-order valence-corrected chi connectivity index (χ1v) is 9.89. The van der Waals surface area contributed by atoms with Crippen molar-refractivity contribution in [1.82, 2.24) is 30.0 Å². The van der Waals surface area contributed by atoms with Crippen molar-refractivity contribution in [3.8, 4) is 0 Å². The van der Waals surface area contributed by atoms with Crippen molar-refractivity contribution < 1.29 is 9.59 Å². The molecule has 150 valence electrons. The molecule has 0 aliphatic carbocycles. The maximum atomic E-state index is 12.4. The minimum absolute atomic E-state index is 0.133. The maximum Gasteiger partial charge on any atom is 0.251 e. The highest BCUT2D eigenvalue weighted by molar-refractivity contribution is 7.99. The molecule has 2 amide bonds. The fraction of sp³-hybridized carbons (Fsp3) is 0.263. The van der Waals surface area contributed by atoms with Gasteiger partial charge in [-0.2, -0.15) is 0 Å². The number of benzene rings is 1. The monoisotopic (exact) mass is 411 g/mol. The average molecular weight is 411 g/mol. The number of carbonyl (C=O) groups excluding carboxylic acids is 2. The van der Waals surface area contributed by atoms with Gasteiger partial charge in [0.25, 0.3) is 5.91 Å². The van der Waals surface area contributed by atoms with Crippen LogP contribution in [0.1, 0.15) is 34.7 Å². The Morgan fingerprint density at radius 1 is 1.17 bits per heavy atom. The Labute approximate surface area is 172 Å². The molecule has 0 aliphatic rings. The molecule has 1 aromatic carbocycles. The van der Waals surface area contributed by atoms with E-state index in [1.807, 2.05) is 32.0 Å². The summed E-state index contributed by atoms with van der Waals surface area (Å²) in [6.07, 6.45) is 3.11. The van der Waals surface area contributed by atoms with Gasteiger partial charge in [0, 0.05) is 25.0 Å². The first kappa shape index (κ1) is 20.5. The molecule has 0 radical (unpaired) electrons. The SMILES string of the molecule is Cc1cccc(C(=O)N[C@H](C)c2nnc(SCC(=O)Nc3ncccn3)n2C)c1. The summed E-state index contributed by atoms with van der Waals surface area (Å²) in [5.74, 6) is 0.561. The van der Waals surface area contributed by atoms with Gasteiger partial charge in [0.2, 0.25) is 11.9 Å². The second kappa shape index (κ2) is 9.28. The maximum absolute atomic E-state index is 12.4. The Balaban J connectivity index is 1.58. The minimum atomic E-state index is -0.346. The third-order valence-corrected chi connectivity index (χ3v) is 5.05. The number of amides is 2. The van der Waals surface area contributed by atoms with E-state index in [1.165, 1.54) is 11.8 Å². The highest BCUT2D eigenvalue weighted by Crippen LogP contribution is 2.19. The zero-order valence-electron chi connectivity index (χ0n) is 16.3. The molecule has 2 N–H and O–H groups in total. The lowest BCUT2D eigenvalue weighted by atomic mass is 10.1. The first-order valence-electron chi connectivity index (χ1n) is 8.90. The van der Waals surface area contributed by atoms with Gasteiger partial charge in [-0.1, -0.05) is 29.5 Å². The summed E-state index contributed by atoms with van der Waals surface area (Å²) < 4.78 is 1.76.